The van der Waals surface area contributed by atoms with Crippen LogP contribution in [0, 0.1) is 6.92 Å². The van der Waals surface area contributed by atoms with Crippen molar-refractivity contribution in [2.24, 2.45) is 0 Å². The van der Waals surface area contributed by atoms with E-state index in [4.69, 9.17) is 5.11 Å². The number of carboxylic acids is 1. The van der Waals surface area contributed by atoms with E-state index in [1.54, 1.807) is 13.0 Å². The first-order chi connectivity index (χ1) is 8.04. The fraction of sp³-hybridized carbons (Fsp3) is 0.500. The van der Waals surface area contributed by atoms with E-state index in [-0.39, 0.29) is 5.69 Å². The molecule has 0 fully saturated rings. The van der Waals surface area contributed by atoms with E-state index in [0.717, 1.165) is 5.69 Å². The van der Waals surface area contributed by atoms with Crippen LogP contribution in [0.15, 0.2) is 6.07 Å². The molecular weight excluding hydrogens is 242 g/mol. The van der Waals surface area contributed by atoms with Gasteiger partial charge in [0, 0.05) is 5.69 Å². The Balaban J connectivity index is 2.60. The lowest BCUT2D eigenvalue weighted by Gasteiger charge is -2.12. The van der Waals surface area contributed by atoms with Crippen molar-refractivity contribution in [1.29, 1.82) is 0 Å². The number of carbonyl (C=O) groups excluding carboxylic acids is 1. The first-order valence-corrected chi connectivity index (χ1v) is 6.48. The Morgan fingerprint density at radius 1 is 1.65 bits per heavy atom. The van der Waals surface area contributed by atoms with E-state index in [0.29, 0.717) is 12.2 Å². The van der Waals surface area contributed by atoms with Gasteiger partial charge in [-0.25, -0.2) is 4.79 Å². The maximum absolute atomic E-state index is 11.7. The van der Waals surface area contributed by atoms with Crippen LogP contribution < -0.4 is 5.32 Å². The zero-order valence-corrected chi connectivity index (χ0v) is 10.5. The molecule has 0 aliphatic rings. The molecule has 0 saturated carbocycles. The van der Waals surface area contributed by atoms with Crippen molar-refractivity contribution >= 4 is 23.6 Å². The van der Waals surface area contributed by atoms with Crippen molar-refractivity contribution in [3.63, 3.8) is 0 Å². The number of hydrogen-bond donors (Lipinski definition) is 3. The second-order valence-corrected chi connectivity index (χ2v) is 4.57. The Kier molecular flexibility index (Phi) is 5.02. The zero-order valence-electron chi connectivity index (χ0n) is 9.69. The molecule has 17 heavy (non-hydrogen) atoms. The molecular formula is C10H15N3O3S. The minimum atomic E-state index is -1.03. The molecule has 1 aromatic heterocycles. The monoisotopic (exact) mass is 257 g/mol. The third-order valence-electron chi connectivity index (χ3n) is 2.15. The standard InChI is InChI=1S/C10H15N3O3S/c1-6-5-8(13-12-6)9(14)11-7(10(15)16)3-4-17-2/h5,7H,3-4H2,1-2H3,(H,11,14)(H,12,13)(H,15,16)/t7-/m0/s1. The largest absolute Gasteiger partial charge is 0.480 e. The summed E-state index contributed by atoms with van der Waals surface area (Å²) < 4.78 is 0. The van der Waals surface area contributed by atoms with Gasteiger partial charge in [0.1, 0.15) is 11.7 Å². The number of aryl methyl sites for hydroxylation is 1. The highest BCUT2D eigenvalue weighted by atomic mass is 32.2. The summed E-state index contributed by atoms with van der Waals surface area (Å²) in [6, 6.07) is 0.704. The molecule has 94 valence electrons. The van der Waals surface area contributed by atoms with Crippen molar-refractivity contribution in [3.8, 4) is 0 Å². The Hall–Kier alpha value is -1.50. The number of aromatic amines is 1. The van der Waals surface area contributed by atoms with E-state index in [2.05, 4.69) is 15.5 Å². The minimum Gasteiger partial charge on any atom is -0.480 e. The van der Waals surface area contributed by atoms with Gasteiger partial charge < -0.3 is 10.4 Å². The Morgan fingerprint density at radius 3 is 2.82 bits per heavy atom. The van der Waals surface area contributed by atoms with Crippen molar-refractivity contribution in [1.82, 2.24) is 15.5 Å². The van der Waals surface area contributed by atoms with Crippen LogP contribution in [-0.4, -0.2) is 45.2 Å². The van der Waals surface area contributed by atoms with E-state index in [9.17, 15) is 9.59 Å². The molecule has 0 aromatic carbocycles. The SMILES string of the molecule is CSCC[C@H](NC(=O)c1cc(C)[nH]n1)C(=O)O. The van der Waals surface area contributed by atoms with E-state index >= 15 is 0 Å². The van der Waals surface area contributed by atoms with Gasteiger partial charge in [0.05, 0.1) is 0 Å². The molecule has 3 N–H and O–H groups in total. The van der Waals surface area contributed by atoms with Crippen LogP contribution in [0.3, 0.4) is 0 Å². The average Bonchev–Trinajstić information content (AvgIpc) is 2.70. The number of carboxylic acid groups (broad SMARTS) is 1. The molecule has 0 aliphatic heterocycles. The van der Waals surface area contributed by atoms with Gasteiger partial charge in [-0.15, -0.1) is 0 Å². The molecule has 0 aliphatic carbocycles. The topological polar surface area (TPSA) is 95.1 Å². The molecule has 0 bridgehead atoms. The molecule has 0 saturated heterocycles. The van der Waals surface area contributed by atoms with Crippen LogP contribution in [0.4, 0.5) is 0 Å². The number of nitrogens with zero attached hydrogens (tertiary/aromatic N) is 1. The Morgan fingerprint density at radius 2 is 2.35 bits per heavy atom. The van der Waals surface area contributed by atoms with Crippen LogP contribution in [0.25, 0.3) is 0 Å². The van der Waals surface area contributed by atoms with Crippen LogP contribution in [0.1, 0.15) is 22.6 Å². The molecule has 1 aromatic rings. The second-order valence-electron chi connectivity index (χ2n) is 3.58. The molecule has 1 amide bonds. The fourth-order valence-electron chi connectivity index (χ4n) is 1.26. The van der Waals surface area contributed by atoms with Crippen molar-refractivity contribution < 1.29 is 14.7 Å². The van der Waals surface area contributed by atoms with Gasteiger partial charge in [-0.3, -0.25) is 9.89 Å². The van der Waals surface area contributed by atoms with E-state index in [1.807, 2.05) is 6.26 Å². The maximum Gasteiger partial charge on any atom is 0.326 e. The summed E-state index contributed by atoms with van der Waals surface area (Å²) in [7, 11) is 0. The van der Waals surface area contributed by atoms with Gasteiger partial charge in [-0.2, -0.15) is 16.9 Å². The number of aliphatic carboxylic acids is 1. The first kappa shape index (κ1) is 13.6. The zero-order chi connectivity index (χ0) is 12.8. The van der Waals surface area contributed by atoms with Crippen LogP contribution >= 0.6 is 11.8 Å². The Bertz CT molecular complexity index is 405. The summed E-state index contributed by atoms with van der Waals surface area (Å²) in [5.41, 5.74) is 0.962. The van der Waals surface area contributed by atoms with E-state index < -0.39 is 17.9 Å². The number of rotatable bonds is 6. The lowest BCUT2D eigenvalue weighted by atomic mass is 10.2. The highest BCUT2D eigenvalue weighted by Gasteiger charge is 2.21. The van der Waals surface area contributed by atoms with Gasteiger partial charge in [-0.05, 0) is 31.4 Å². The third kappa shape index (κ3) is 4.10. The highest BCUT2D eigenvalue weighted by molar-refractivity contribution is 7.98. The summed E-state index contributed by atoms with van der Waals surface area (Å²) in [5.74, 6) is -0.820. The number of carbonyl (C=O) groups is 2. The number of aromatic nitrogens is 2. The first-order valence-electron chi connectivity index (χ1n) is 5.09. The molecule has 1 heterocycles. The molecule has 1 rings (SSSR count). The predicted molar refractivity (Wildman–Crippen MR) is 65.2 cm³/mol. The minimum absolute atomic E-state index is 0.206. The van der Waals surface area contributed by atoms with Gasteiger partial charge in [0.15, 0.2) is 0 Å². The molecule has 6 nitrogen and oxygen atoms in total. The summed E-state index contributed by atoms with van der Waals surface area (Å²) in [6.45, 7) is 1.77. The lowest BCUT2D eigenvalue weighted by Crippen LogP contribution is -2.41. The second kappa shape index (κ2) is 6.29. The van der Waals surface area contributed by atoms with Crippen LogP contribution in [-0.2, 0) is 4.79 Å². The molecule has 0 unspecified atom stereocenters. The number of thioether (sulfide) groups is 1. The average molecular weight is 257 g/mol. The molecule has 1 atom stereocenters. The molecule has 7 heteroatoms. The van der Waals surface area contributed by atoms with Gasteiger partial charge in [-0.1, -0.05) is 0 Å². The third-order valence-corrected chi connectivity index (χ3v) is 2.80. The Labute approximate surface area is 103 Å². The molecule has 0 radical (unpaired) electrons. The van der Waals surface area contributed by atoms with Crippen molar-refractivity contribution in [2.75, 3.05) is 12.0 Å². The van der Waals surface area contributed by atoms with Crippen LogP contribution in [0.5, 0.6) is 0 Å². The maximum atomic E-state index is 11.7. The van der Waals surface area contributed by atoms with Crippen molar-refractivity contribution in [2.45, 2.75) is 19.4 Å². The lowest BCUT2D eigenvalue weighted by molar-refractivity contribution is -0.139. The van der Waals surface area contributed by atoms with E-state index in [1.165, 1.54) is 11.8 Å². The quantitative estimate of drug-likeness (QED) is 0.695. The summed E-state index contributed by atoms with van der Waals surface area (Å²) in [4.78, 5) is 22.6. The number of H-pyrrole nitrogens is 1. The van der Waals surface area contributed by atoms with Crippen LogP contribution in [0.2, 0.25) is 0 Å². The number of amides is 1. The molecule has 0 spiro atoms. The number of nitrogens with one attached hydrogen (secondary N) is 2. The number of hydrogen-bond acceptors (Lipinski definition) is 4. The van der Waals surface area contributed by atoms with Crippen molar-refractivity contribution in [3.05, 3.63) is 17.5 Å². The van der Waals surface area contributed by atoms with Gasteiger partial charge in [0.25, 0.3) is 5.91 Å². The summed E-state index contributed by atoms with van der Waals surface area (Å²) >= 11 is 1.54. The predicted octanol–water partition coefficient (Wildman–Crippen LogP) is 0.654. The summed E-state index contributed by atoms with van der Waals surface area (Å²) in [5, 5.41) is 17.8. The highest BCUT2D eigenvalue weighted by Crippen LogP contribution is 2.03. The van der Waals surface area contributed by atoms with Gasteiger partial charge in [0.2, 0.25) is 0 Å². The smallest absolute Gasteiger partial charge is 0.326 e. The van der Waals surface area contributed by atoms with Gasteiger partial charge >= 0.3 is 5.97 Å². The fourth-order valence-corrected chi connectivity index (χ4v) is 1.73. The normalized spacial score (nSPS) is 12.1. The summed E-state index contributed by atoms with van der Waals surface area (Å²) in [6.07, 6.45) is 2.28.